The summed E-state index contributed by atoms with van der Waals surface area (Å²) in [5.74, 6) is 0. The van der Waals surface area contributed by atoms with E-state index in [1.54, 1.807) is 0 Å². The topological polar surface area (TPSA) is 9.23 Å². The predicted molar refractivity (Wildman–Crippen MR) is 83.3 cm³/mol. The third-order valence-corrected chi connectivity index (χ3v) is 3.28. The first-order chi connectivity index (χ1) is 8.41. The van der Waals surface area contributed by atoms with Crippen molar-refractivity contribution < 1.29 is 4.74 Å². The van der Waals surface area contributed by atoms with Gasteiger partial charge in [-0.25, -0.2) is 0 Å². The van der Waals surface area contributed by atoms with Crippen LogP contribution >= 0.6 is 0 Å². The molecule has 0 N–H and O–H groups in total. The van der Waals surface area contributed by atoms with Crippen molar-refractivity contribution >= 4 is 37.7 Å². The van der Waals surface area contributed by atoms with Gasteiger partial charge in [0.05, 0.1) is 0 Å². The summed E-state index contributed by atoms with van der Waals surface area (Å²) in [7, 11) is 0. The Balaban J connectivity index is 0. The Morgan fingerprint density at radius 1 is 0.500 bits per heavy atom. The number of ether oxygens (including phenoxy) is 1. The van der Waals surface area contributed by atoms with E-state index in [1.807, 2.05) is 0 Å². The van der Waals surface area contributed by atoms with Crippen molar-refractivity contribution in [1.82, 2.24) is 0 Å². The second kappa shape index (κ2) is 20.5. The van der Waals surface area contributed by atoms with Crippen LogP contribution < -0.4 is 0 Å². The Bertz CT molecular complexity index is 114. The minimum absolute atomic E-state index is 0. The molecule has 0 bridgehead atoms. The largest absolute Gasteiger partial charge is 0.381 e. The van der Waals surface area contributed by atoms with Crippen molar-refractivity contribution in [3.05, 3.63) is 0 Å². The molecule has 0 aromatic carbocycles. The molecular weight excluding hydrogens is 248 g/mol. The summed E-state index contributed by atoms with van der Waals surface area (Å²) in [6.07, 6.45) is 16.3. The number of unbranched alkanes of at least 4 members (excludes halogenated alkanes) is 10. The van der Waals surface area contributed by atoms with E-state index in [0.717, 1.165) is 13.2 Å². The fraction of sp³-hybridized carbons (Fsp3) is 1.00. The van der Waals surface area contributed by atoms with E-state index in [1.165, 1.54) is 77.0 Å². The Morgan fingerprint density at radius 3 is 1.22 bits per heavy atom. The monoisotopic (exact) mass is 282 g/mol. The summed E-state index contributed by atoms with van der Waals surface area (Å²) in [5.41, 5.74) is 0. The third kappa shape index (κ3) is 19.6. The van der Waals surface area contributed by atoms with Crippen LogP contribution in [0, 0.1) is 0 Å². The molecule has 0 rings (SSSR count). The average molecular weight is 283 g/mol. The SMILES string of the molecule is CCCCCCCCOCCCCCCCC.[Ca]. The molecule has 0 aromatic rings. The van der Waals surface area contributed by atoms with Gasteiger partial charge in [0.1, 0.15) is 0 Å². The predicted octanol–water partition coefficient (Wildman–Crippen LogP) is 5.34. The summed E-state index contributed by atoms with van der Waals surface area (Å²) in [6.45, 7) is 6.51. The molecule has 0 aliphatic carbocycles. The van der Waals surface area contributed by atoms with Crippen LogP contribution in [-0.4, -0.2) is 51.0 Å². The molecule has 0 heterocycles. The first-order valence-electron chi connectivity index (χ1n) is 7.99. The molecule has 0 fully saturated rings. The summed E-state index contributed by atoms with van der Waals surface area (Å²) < 4.78 is 5.65. The standard InChI is InChI=1S/C16H34O.Ca/c1-3-5-7-9-11-13-15-17-16-14-12-10-8-6-4-2;/h3-16H2,1-2H3;. The van der Waals surface area contributed by atoms with Gasteiger partial charge in [-0.1, -0.05) is 78.1 Å². The zero-order valence-corrected chi connectivity index (χ0v) is 15.2. The van der Waals surface area contributed by atoms with Crippen LogP contribution in [0.1, 0.15) is 90.9 Å². The van der Waals surface area contributed by atoms with E-state index in [-0.39, 0.29) is 37.7 Å². The molecule has 0 aliphatic rings. The zero-order valence-electron chi connectivity index (χ0n) is 13.0. The quantitative estimate of drug-likeness (QED) is 0.308. The molecule has 0 spiro atoms. The van der Waals surface area contributed by atoms with E-state index < -0.39 is 0 Å². The van der Waals surface area contributed by atoms with Crippen molar-refractivity contribution in [3.63, 3.8) is 0 Å². The zero-order chi connectivity index (χ0) is 12.6. The fourth-order valence-electron chi connectivity index (χ4n) is 2.07. The van der Waals surface area contributed by atoms with Crippen molar-refractivity contribution in [2.24, 2.45) is 0 Å². The van der Waals surface area contributed by atoms with E-state index in [2.05, 4.69) is 13.8 Å². The number of hydrogen-bond acceptors (Lipinski definition) is 1. The molecule has 0 amide bonds. The first kappa shape index (κ1) is 21.5. The molecular formula is C16H34CaO. The minimum Gasteiger partial charge on any atom is -0.381 e. The Morgan fingerprint density at radius 2 is 0.833 bits per heavy atom. The van der Waals surface area contributed by atoms with E-state index in [9.17, 15) is 0 Å². The summed E-state index contributed by atoms with van der Waals surface area (Å²) in [6, 6.07) is 0. The van der Waals surface area contributed by atoms with Crippen molar-refractivity contribution in [2.75, 3.05) is 13.2 Å². The Kier molecular flexibility index (Phi) is 24.5. The summed E-state index contributed by atoms with van der Waals surface area (Å²) in [4.78, 5) is 0. The van der Waals surface area contributed by atoms with Gasteiger partial charge >= 0.3 is 0 Å². The Labute approximate surface area is 145 Å². The normalized spacial score (nSPS) is 10.3. The maximum Gasteiger partial charge on any atom is 0.0466 e. The number of hydrogen-bond donors (Lipinski definition) is 0. The molecule has 1 nitrogen and oxygen atoms in total. The second-order valence-corrected chi connectivity index (χ2v) is 5.15. The van der Waals surface area contributed by atoms with Crippen LogP contribution in [0.2, 0.25) is 0 Å². The average Bonchev–Trinajstić information content (AvgIpc) is 2.35. The molecule has 0 aliphatic heterocycles. The molecule has 0 atom stereocenters. The molecule has 2 heteroatoms. The third-order valence-electron chi connectivity index (χ3n) is 3.28. The van der Waals surface area contributed by atoms with Crippen LogP contribution in [-0.2, 0) is 4.74 Å². The van der Waals surface area contributed by atoms with Crippen LogP contribution in [0.4, 0.5) is 0 Å². The fourth-order valence-corrected chi connectivity index (χ4v) is 2.07. The minimum atomic E-state index is 0. The van der Waals surface area contributed by atoms with Crippen LogP contribution in [0.15, 0.2) is 0 Å². The van der Waals surface area contributed by atoms with Gasteiger partial charge in [-0.3, -0.25) is 0 Å². The van der Waals surface area contributed by atoms with Crippen LogP contribution in [0.25, 0.3) is 0 Å². The summed E-state index contributed by atoms with van der Waals surface area (Å²) in [5, 5.41) is 0. The number of rotatable bonds is 14. The van der Waals surface area contributed by atoms with Gasteiger partial charge in [-0.05, 0) is 12.8 Å². The van der Waals surface area contributed by atoms with Gasteiger partial charge in [0.15, 0.2) is 0 Å². The molecule has 0 aromatic heterocycles. The molecule has 2 radical (unpaired) electrons. The van der Waals surface area contributed by atoms with E-state index in [4.69, 9.17) is 4.74 Å². The molecule has 18 heavy (non-hydrogen) atoms. The molecule has 0 saturated carbocycles. The van der Waals surface area contributed by atoms with Gasteiger partial charge in [0, 0.05) is 51.0 Å². The smallest absolute Gasteiger partial charge is 0.0466 e. The van der Waals surface area contributed by atoms with Gasteiger partial charge in [-0.2, -0.15) is 0 Å². The Hall–Kier alpha value is 1.22. The van der Waals surface area contributed by atoms with Crippen LogP contribution in [0.3, 0.4) is 0 Å². The van der Waals surface area contributed by atoms with Crippen molar-refractivity contribution in [3.8, 4) is 0 Å². The van der Waals surface area contributed by atoms with Gasteiger partial charge in [-0.15, -0.1) is 0 Å². The maximum atomic E-state index is 5.65. The van der Waals surface area contributed by atoms with Crippen LogP contribution in [0.5, 0.6) is 0 Å². The molecule has 0 unspecified atom stereocenters. The van der Waals surface area contributed by atoms with Crippen molar-refractivity contribution in [1.29, 1.82) is 0 Å². The molecule has 0 saturated heterocycles. The summed E-state index contributed by atoms with van der Waals surface area (Å²) >= 11 is 0. The van der Waals surface area contributed by atoms with E-state index in [0.29, 0.717) is 0 Å². The van der Waals surface area contributed by atoms with Gasteiger partial charge < -0.3 is 4.74 Å². The second-order valence-electron chi connectivity index (χ2n) is 5.15. The van der Waals surface area contributed by atoms with Gasteiger partial charge in [0.2, 0.25) is 0 Å². The maximum absolute atomic E-state index is 5.65. The van der Waals surface area contributed by atoms with E-state index >= 15 is 0 Å². The van der Waals surface area contributed by atoms with Gasteiger partial charge in [0.25, 0.3) is 0 Å². The molecule has 106 valence electrons. The van der Waals surface area contributed by atoms with Crippen molar-refractivity contribution in [2.45, 2.75) is 90.9 Å². The first-order valence-corrected chi connectivity index (χ1v) is 7.99.